The van der Waals surface area contributed by atoms with E-state index in [1.54, 1.807) is 6.92 Å². The average molecular weight is 359 g/mol. The van der Waals surface area contributed by atoms with Crippen LogP contribution in [0.3, 0.4) is 0 Å². The summed E-state index contributed by atoms with van der Waals surface area (Å²) in [6.07, 6.45) is 1.92. The minimum atomic E-state index is -0.947. The molecule has 2 unspecified atom stereocenters. The number of carbonyl (C=O) groups excluding carboxylic acids is 1. The molecule has 1 aliphatic carbocycles. The molecule has 0 radical (unpaired) electrons. The van der Waals surface area contributed by atoms with Crippen LogP contribution in [0.2, 0.25) is 0 Å². The molecule has 114 valence electrons. The number of nitrogens with one attached hydrogen (secondary N) is 2. The van der Waals surface area contributed by atoms with Gasteiger partial charge in [0.25, 0.3) is 0 Å². The summed E-state index contributed by atoms with van der Waals surface area (Å²) in [6, 6.07) is 2.99. The molecule has 5 nitrogen and oxygen atoms in total. The number of aliphatic carboxylic acids is 1. The molecule has 3 N–H and O–H groups in total. The molecular formula is C14H16BrFN2O3. The number of hydrogen-bond acceptors (Lipinski definition) is 2. The van der Waals surface area contributed by atoms with Gasteiger partial charge in [-0.2, -0.15) is 0 Å². The number of carboxylic acid groups (broad SMARTS) is 1. The van der Waals surface area contributed by atoms with E-state index >= 15 is 0 Å². The number of carboxylic acids is 1. The summed E-state index contributed by atoms with van der Waals surface area (Å²) in [7, 11) is 0. The quantitative estimate of drug-likeness (QED) is 0.775. The van der Waals surface area contributed by atoms with Gasteiger partial charge >= 0.3 is 12.0 Å². The molecule has 0 aliphatic heterocycles. The molecule has 2 rings (SSSR count). The Morgan fingerprint density at radius 3 is 2.81 bits per heavy atom. The highest BCUT2D eigenvalue weighted by atomic mass is 79.9. The fourth-order valence-corrected chi connectivity index (χ4v) is 3.01. The number of halogens is 2. The summed E-state index contributed by atoms with van der Waals surface area (Å²) in [6.45, 7) is 1.64. The van der Waals surface area contributed by atoms with Crippen molar-refractivity contribution in [1.82, 2.24) is 5.32 Å². The lowest BCUT2D eigenvalue weighted by atomic mass is 9.85. The Hall–Kier alpha value is -1.63. The minimum absolute atomic E-state index is 0.415. The van der Waals surface area contributed by atoms with Crippen LogP contribution < -0.4 is 10.6 Å². The number of hydrogen-bond donors (Lipinski definition) is 3. The van der Waals surface area contributed by atoms with Gasteiger partial charge in [0.05, 0.1) is 11.1 Å². The summed E-state index contributed by atoms with van der Waals surface area (Å²) in [5, 5.41) is 14.6. The van der Waals surface area contributed by atoms with Crippen molar-refractivity contribution in [2.75, 3.05) is 5.32 Å². The van der Waals surface area contributed by atoms with Crippen LogP contribution >= 0.6 is 15.9 Å². The van der Waals surface area contributed by atoms with E-state index in [0.29, 0.717) is 23.0 Å². The maximum atomic E-state index is 13.0. The lowest BCUT2D eigenvalue weighted by molar-refractivity contribution is -0.148. The Morgan fingerprint density at radius 2 is 2.19 bits per heavy atom. The van der Waals surface area contributed by atoms with Crippen LogP contribution in [0.5, 0.6) is 0 Å². The van der Waals surface area contributed by atoms with Gasteiger partial charge in [0, 0.05) is 10.5 Å². The van der Waals surface area contributed by atoms with Gasteiger partial charge in [-0.1, -0.05) is 6.42 Å². The van der Waals surface area contributed by atoms with Crippen molar-refractivity contribution in [1.29, 1.82) is 0 Å². The first-order valence-electron chi connectivity index (χ1n) is 6.59. The Morgan fingerprint density at radius 1 is 1.48 bits per heavy atom. The smallest absolute Gasteiger partial charge is 0.319 e. The Balaban J connectivity index is 2.03. The van der Waals surface area contributed by atoms with Gasteiger partial charge in [-0.05, 0) is 53.9 Å². The van der Waals surface area contributed by atoms with Crippen LogP contribution in [0.1, 0.15) is 26.2 Å². The maximum Gasteiger partial charge on any atom is 0.319 e. The topological polar surface area (TPSA) is 78.4 Å². The molecule has 7 heteroatoms. The van der Waals surface area contributed by atoms with Gasteiger partial charge in [-0.15, -0.1) is 0 Å². The zero-order chi connectivity index (χ0) is 15.6. The van der Waals surface area contributed by atoms with Crippen LogP contribution in [0.15, 0.2) is 22.7 Å². The average Bonchev–Trinajstić information content (AvgIpc) is 2.76. The third kappa shape index (κ3) is 3.34. The van der Waals surface area contributed by atoms with E-state index in [9.17, 15) is 19.1 Å². The zero-order valence-corrected chi connectivity index (χ0v) is 13.0. The van der Waals surface area contributed by atoms with Crippen molar-refractivity contribution in [3.8, 4) is 0 Å². The van der Waals surface area contributed by atoms with Crippen molar-refractivity contribution in [2.45, 2.75) is 32.2 Å². The number of amides is 2. The predicted octanol–water partition coefficient (Wildman–Crippen LogP) is 3.35. The second-order valence-electron chi connectivity index (χ2n) is 5.39. The Kier molecular flexibility index (Phi) is 4.51. The summed E-state index contributed by atoms with van der Waals surface area (Å²) in [4.78, 5) is 23.3. The van der Waals surface area contributed by atoms with Gasteiger partial charge in [0.2, 0.25) is 0 Å². The van der Waals surface area contributed by atoms with Crippen molar-refractivity contribution in [3.63, 3.8) is 0 Å². The fraction of sp³-hybridized carbons (Fsp3) is 0.429. The molecule has 0 aromatic heterocycles. The fourth-order valence-electron chi connectivity index (χ4n) is 2.56. The van der Waals surface area contributed by atoms with Crippen molar-refractivity contribution in [3.05, 3.63) is 28.5 Å². The molecule has 21 heavy (non-hydrogen) atoms. The first kappa shape index (κ1) is 15.8. The van der Waals surface area contributed by atoms with Crippen molar-refractivity contribution < 1.29 is 19.1 Å². The van der Waals surface area contributed by atoms with Crippen molar-refractivity contribution >= 4 is 33.6 Å². The molecule has 0 bridgehead atoms. The van der Waals surface area contributed by atoms with Gasteiger partial charge < -0.3 is 15.7 Å². The van der Waals surface area contributed by atoms with E-state index in [2.05, 4.69) is 26.6 Å². The highest BCUT2D eigenvalue weighted by Gasteiger charge is 2.45. The standard InChI is InChI=1S/C14H16BrFN2O3/c1-14(12(19)20)6-2-3-11(14)18-13(21)17-10-5-4-8(16)7-9(10)15/h4-5,7,11H,2-3,6H2,1H3,(H,19,20)(H2,17,18,21). The van der Waals surface area contributed by atoms with Gasteiger partial charge in [-0.3, -0.25) is 4.79 Å². The first-order chi connectivity index (χ1) is 9.83. The van der Waals surface area contributed by atoms with Gasteiger partial charge in [0.1, 0.15) is 5.82 Å². The number of carbonyl (C=O) groups is 2. The highest BCUT2D eigenvalue weighted by molar-refractivity contribution is 9.10. The largest absolute Gasteiger partial charge is 0.481 e. The summed E-state index contributed by atoms with van der Waals surface area (Å²) < 4.78 is 13.4. The lowest BCUT2D eigenvalue weighted by Gasteiger charge is -2.27. The number of anilines is 1. The predicted molar refractivity (Wildman–Crippen MR) is 79.6 cm³/mol. The summed E-state index contributed by atoms with van der Waals surface area (Å²) >= 11 is 3.16. The molecule has 0 saturated heterocycles. The van der Waals surface area contributed by atoms with E-state index in [0.717, 1.165) is 6.42 Å². The maximum absolute atomic E-state index is 13.0. The zero-order valence-electron chi connectivity index (χ0n) is 11.5. The second-order valence-corrected chi connectivity index (χ2v) is 6.24. The molecule has 1 saturated carbocycles. The molecule has 2 amide bonds. The monoisotopic (exact) mass is 358 g/mol. The molecule has 0 spiro atoms. The van der Waals surface area contributed by atoms with Crippen LogP contribution in [0.25, 0.3) is 0 Å². The Labute approximate surface area is 130 Å². The van der Waals surface area contributed by atoms with Crippen LogP contribution in [-0.2, 0) is 4.79 Å². The normalized spacial score (nSPS) is 24.6. The minimum Gasteiger partial charge on any atom is -0.481 e. The van der Waals surface area contributed by atoms with E-state index < -0.39 is 29.3 Å². The Bertz CT molecular complexity index is 581. The molecule has 1 aromatic rings. The van der Waals surface area contributed by atoms with Crippen molar-refractivity contribution in [2.24, 2.45) is 5.41 Å². The van der Waals surface area contributed by atoms with Crippen LogP contribution in [0.4, 0.5) is 14.9 Å². The molecular weight excluding hydrogens is 343 g/mol. The van der Waals surface area contributed by atoms with E-state index in [4.69, 9.17) is 0 Å². The van der Waals surface area contributed by atoms with Crippen LogP contribution in [-0.4, -0.2) is 23.1 Å². The molecule has 1 fully saturated rings. The molecule has 0 heterocycles. The number of urea groups is 1. The third-order valence-electron chi connectivity index (χ3n) is 3.93. The van der Waals surface area contributed by atoms with Gasteiger partial charge in [-0.25, -0.2) is 9.18 Å². The van der Waals surface area contributed by atoms with E-state index in [1.165, 1.54) is 18.2 Å². The molecule has 2 atom stereocenters. The van der Waals surface area contributed by atoms with Crippen LogP contribution in [0, 0.1) is 11.2 Å². The number of rotatable bonds is 3. The first-order valence-corrected chi connectivity index (χ1v) is 7.38. The second kappa shape index (κ2) is 6.01. The SMILES string of the molecule is CC1(C(=O)O)CCCC1NC(=O)Nc1ccc(F)cc1Br. The third-order valence-corrected chi connectivity index (χ3v) is 4.59. The highest BCUT2D eigenvalue weighted by Crippen LogP contribution is 2.38. The summed E-state index contributed by atoms with van der Waals surface area (Å²) in [5.74, 6) is -1.32. The lowest BCUT2D eigenvalue weighted by Crippen LogP contribution is -2.48. The molecule has 1 aromatic carbocycles. The van der Waals surface area contributed by atoms with E-state index in [1.807, 2.05) is 0 Å². The van der Waals surface area contributed by atoms with E-state index in [-0.39, 0.29) is 0 Å². The number of benzene rings is 1. The summed E-state index contributed by atoms with van der Waals surface area (Å²) in [5.41, 5.74) is -0.527. The van der Waals surface area contributed by atoms with Gasteiger partial charge in [0.15, 0.2) is 0 Å². The molecule has 1 aliphatic rings.